The summed E-state index contributed by atoms with van der Waals surface area (Å²) in [5.41, 5.74) is 1.82. The first-order valence-electron chi connectivity index (χ1n) is 10.8. The summed E-state index contributed by atoms with van der Waals surface area (Å²) in [4.78, 5) is 33.7. The van der Waals surface area contributed by atoms with Gasteiger partial charge in [0, 0.05) is 50.8 Å². The van der Waals surface area contributed by atoms with Gasteiger partial charge in [-0.3, -0.25) is 9.20 Å². The number of likely N-dealkylation sites (tertiary alicyclic amines) is 1. The largest absolute Gasteiger partial charge is 0.490 e. The molecule has 5 heterocycles. The van der Waals surface area contributed by atoms with E-state index in [9.17, 15) is 9.59 Å². The number of piperidine rings is 1. The van der Waals surface area contributed by atoms with Crippen molar-refractivity contribution in [1.82, 2.24) is 24.1 Å². The van der Waals surface area contributed by atoms with Crippen molar-refractivity contribution in [2.75, 3.05) is 31.1 Å². The molecule has 2 aliphatic heterocycles. The van der Waals surface area contributed by atoms with Crippen LogP contribution in [0.4, 0.5) is 11.5 Å². The fraction of sp³-hybridized carbons (Fsp3) is 0.455. The minimum absolute atomic E-state index is 0.00975. The zero-order chi connectivity index (χ0) is 21.5. The van der Waals surface area contributed by atoms with Gasteiger partial charge in [0.1, 0.15) is 0 Å². The molecule has 1 saturated heterocycles. The molecule has 0 saturated carbocycles. The molecule has 9 nitrogen and oxygen atoms in total. The van der Waals surface area contributed by atoms with Crippen LogP contribution in [0.5, 0.6) is 5.75 Å². The van der Waals surface area contributed by atoms with Gasteiger partial charge in [0.2, 0.25) is 0 Å². The fourth-order valence-electron chi connectivity index (χ4n) is 4.42. The molecule has 0 N–H and O–H groups in total. The van der Waals surface area contributed by atoms with Gasteiger partial charge in [-0.2, -0.15) is 5.10 Å². The van der Waals surface area contributed by atoms with Gasteiger partial charge in [0.15, 0.2) is 17.2 Å². The topological polar surface area (TPSA) is 85.0 Å². The number of aromatic nitrogens is 4. The van der Waals surface area contributed by atoms with Crippen LogP contribution in [-0.4, -0.2) is 56.2 Å². The van der Waals surface area contributed by atoms with E-state index in [4.69, 9.17) is 4.74 Å². The molecule has 162 valence electrons. The number of nitrogens with zero attached hydrogens (tertiary/aromatic N) is 6. The molecule has 31 heavy (non-hydrogen) atoms. The molecule has 1 atom stereocenters. The number of rotatable bonds is 2. The summed E-state index contributed by atoms with van der Waals surface area (Å²) >= 11 is 0. The van der Waals surface area contributed by atoms with Crippen LogP contribution >= 0.6 is 0 Å². The molecular weight excluding hydrogens is 396 g/mol. The lowest BCUT2D eigenvalue weighted by Gasteiger charge is -2.31. The molecule has 0 aromatic carbocycles. The smallest absolute Gasteiger partial charge is 0.350 e. The van der Waals surface area contributed by atoms with E-state index in [0.29, 0.717) is 41.8 Å². The first-order chi connectivity index (χ1) is 15.0. The van der Waals surface area contributed by atoms with Gasteiger partial charge in [-0.15, -0.1) is 0 Å². The quantitative estimate of drug-likeness (QED) is 0.630. The number of pyridine rings is 2. The van der Waals surface area contributed by atoms with E-state index in [1.54, 1.807) is 19.4 Å². The monoisotopic (exact) mass is 422 g/mol. The highest BCUT2D eigenvalue weighted by molar-refractivity contribution is 5.95. The van der Waals surface area contributed by atoms with Crippen LogP contribution in [0.3, 0.4) is 0 Å². The van der Waals surface area contributed by atoms with Gasteiger partial charge in [-0.25, -0.2) is 14.5 Å². The van der Waals surface area contributed by atoms with Gasteiger partial charge in [0.05, 0.1) is 12.2 Å². The van der Waals surface area contributed by atoms with Crippen molar-refractivity contribution in [3.8, 4) is 5.75 Å². The van der Waals surface area contributed by atoms with Gasteiger partial charge in [0.25, 0.3) is 5.91 Å². The van der Waals surface area contributed by atoms with Crippen molar-refractivity contribution in [3.05, 3.63) is 46.6 Å². The Bertz CT molecular complexity index is 1200. The predicted octanol–water partition coefficient (Wildman–Crippen LogP) is 2.22. The van der Waals surface area contributed by atoms with E-state index in [1.807, 2.05) is 23.1 Å². The van der Waals surface area contributed by atoms with Crippen LogP contribution in [0.15, 0.2) is 35.4 Å². The van der Waals surface area contributed by atoms with Crippen LogP contribution in [0.25, 0.3) is 5.65 Å². The molecule has 0 spiro atoms. The molecule has 5 rings (SSSR count). The molecule has 1 fully saturated rings. The number of aryl methyl sites for hydroxylation is 1. The maximum atomic E-state index is 13.0. The molecular formula is C22H26N6O3. The third-order valence-electron chi connectivity index (χ3n) is 6.03. The molecule has 3 aromatic heterocycles. The second-order valence-electron chi connectivity index (χ2n) is 8.42. The fourth-order valence-corrected chi connectivity index (χ4v) is 4.42. The number of ether oxygens (including phenoxy) is 1. The van der Waals surface area contributed by atoms with Crippen LogP contribution in [0.2, 0.25) is 0 Å². The van der Waals surface area contributed by atoms with Crippen molar-refractivity contribution in [2.24, 2.45) is 13.0 Å². The Labute approximate surface area is 179 Å². The summed E-state index contributed by atoms with van der Waals surface area (Å²) in [5, 5.41) is 4.28. The van der Waals surface area contributed by atoms with Crippen molar-refractivity contribution in [1.29, 1.82) is 0 Å². The van der Waals surface area contributed by atoms with Crippen LogP contribution in [0.1, 0.15) is 36.5 Å². The van der Waals surface area contributed by atoms with Crippen LogP contribution in [-0.2, 0) is 7.05 Å². The average molecular weight is 422 g/mol. The lowest BCUT2D eigenvalue weighted by molar-refractivity contribution is 0.0682. The molecule has 3 aromatic rings. The average Bonchev–Trinajstić information content (AvgIpc) is 2.94. The second kappa shape index (κ2) is 7.72. The first kappa shape index (κ1) is 19.6. The van der Waals surface area contributed by atoms with Crippen LogP contribution < -0.4 is 15.3 Å². The Morgan fingerprint density at radius 3 is 2.94 bits per heavy atom. The number of amides is 1. The van der Waals surface area contributed by atoms with E-state index in [-0.39, 0.29) is 11.6 Å². The maximum Gasteiger partial charge on any atom is 0.350 e. The molecule has 2 aliphatic rings. The standard InChI is InChI=1S/C22H26N6O3/c1-15-5-3-7-26(14-15)21(29)16-11-18-20(23-13-16)27(8-4-10-31-18)17-6-9-28-19(12-17)24-25(2)22(28)30/h6,9,11-13,15H,3-5,7-8,10,14H2,1-2H3/t15-/m0/s1. The number of hydrogen-bond acceptors (Lipinski definition) is 6. The summed E-state index contributed by atoms with van der Waals surface area (Å²) < 4.78 is 8.78. The van der Waals surface area contributed by atoms with Crippen LogP contribution in [0, 0.1) is 5.92 Å². The summed E-state index contributed by atoms with van der Waals surface area (Å²) in [6, 6.07) is 5.56. The molecule has 0 radical (unpaired) electrons. The highest BCUT2D eigenvalue weighted by Crippen LogP contribution is 2.35. The van der Waals surface area contributed by atoms with Gasteiger partial charge in [-0.05, 0) is 37.3 Å². The van der Waals surface area contributed by atoms with Gasteiger partial charge >= 0.3 is 5.69 Å². The minimum atomic E-state index is -0.186. The summed E-state index contributed by atoms with van der Waals surface area (Å²) in [7, 11) is 1.63. The second-order valence-corrected chi connectivity index (χ2v) is 8.42. The lowest BCUT2D eigenvalue weighted by atomic mass is 10.00. The summed E-state index contributed by atoms with van der Waals surface area (Å²) in [6.45, 7) is 5.02. The number of fused-ring (bicyclic) bond motifs is 2. The number of hydrogen-bond donors (Lipinski definition) is 0. The highest BCUT2D eigenvalue weighted by Gasteiger charge is 2.26. The Balaban J connectivity index is 1.49. The van der Waals surface area contributed by atoms with Crippen molar-refractivity contribution in [2.45, 2.75) is 26.2 Å². The molecule has 9 heteroatoms. The first-order valence-corrected chi connectivity index (χ1v) is 10.8. The normalized spacial score (nSPS) is 19.1. The van der Waals surface area contributed by atoms with E-state index in [0.717, 1.165) is 38.0 Å². The zero-order valence-corrected chi connectivity index (χ0v) is 17.8. The van der Waals surface area contributed by atoms with Crippen molar-refractivity contribution < 1.29 is 9.53 Å². The lowest BCUT2D eigenvalue weighted by Crippen LogP contribution is -2.39. The van der Waals surface area contributed by atoms with Crippen molar-refractivity contribution >= 4 is 23.1 Å². The Morgan fingerprint density at radius 1 is 1.23 bits per heavy atom. The maximum absolute atomic E-state index is 13.0. The number of carbonyl (C=O) groups excluding carboxylic acids is 1. The number of anilines is 2. The van der Waals surface area contributed by atoms with Gasteiger partial charge in [-0.1, -0.05) is 6.92 Å². The summed E-state index contributed by atoms with van der Waals surface area (Å²) in [6.07, 6.45) is 6.38. The Morgan fingerprint density at radius 2 is 2.10 bits per heavy atom. The Hall–Kier alpha value is -3.36. The molecule has 0 aliphatic carbocycles. The highest BCUT2D eigenvalue weighted by atomic mass is 16.5. The van der Waals surface area contributed by atoms with Gasteiger partial charge < -0.3 is 14.5 Å². The predicted molar refractivity (Wildman–Crippen MR) is 116 cm³/mol. The van der Waals surface area contributed by atoms with E-state index in [2.05, 4.69) is 21.9 Å². The molecule has 0 unspecified atom stereocenters. The Kier molecular flexibility index (Phi) is 4.88. The SMILES string of the molecule is C[C@H]1CCCN(C(=O)c2cnc3c(c2)OCCCN3c2ccn3c(=O)n(C)nc3c2)C1. The van der Waals surface area contributed by atoms with E-state index < -0.39 is 0 Å². The number of carbonyl (C=O) groups is 1. The minimum Gasteiger partial charge on any atom is -0.490 e. The molecule has 0 bridgehead atoms. The third kappa shape index (κ3) is 3.54. The van der Waals surface area contributed by atoms with E-state index in [1.165, 1.54) is 9.08 Å². The zero-order valence-electron chi connectivity index (χ0n) is 17.8. The third-order valence-corrected chi connectivity index (χ3v) is 6.03. The van der Waals surface area contributed by atoms with E-state index >= 15 is 0 Å². The summed E-state index contributed by atoms with van der Waals surface area (Å²) in [5.74, 6) is 1.80. The molecule has 1 amide bonds. The van der Waals surface area contributed by atoms with Crippen molar-refractivity contribution in [3.63, 3.8) is 0 Å².